The fourth-order valence-electron chi connectivity index (χ4n) is 1.32. The van der Waals surface area contributed by atoms with Crippen LogP contribution >= 0.6 is 38.5 Å². The van der Waals surface area contributed by atoms with E-state index in [1.807, 2.05) is 30.3 Å². The molecule has 0 aliphatic rings. The topological polar surface area (TPSA) is 33.0 Å². The quantitative estimate of drug-likeness (QED) is 0.684. The number of rotatable bonds is 2. The van der Waals surface area contributed by atoms with E-state index in [0.29, 0.717) is 11.3 Å². The molecule has 0 saturated heterocycles. The Morgan fingerprint density at radius 1 is 1.06 bits per heavy atom. The second kappa shape index (κ2) is 5.52. The molecule has 0 spiro atoms. The first-order chi connectivity index (χ1) is 8.17. The number of hydrogen-bond acceptors (Lipinski definition) is 2. The van der Waals surface area contributed by atoms with Crippen LogP contribution in [0.4, 0.5) is 0 Å². The average Bonchev–Trinajstić information content (AvgIpc) is 2.31. The van der Waals surface area contributed by atoms with Gasteiger partial charge in [0.2, 0.25) is 0 Å². The van der Waals surface area contributed by atoms with Gasteiger partial charge in [0.1, 0.15) is 11.5 Å². The van der Waals surface area contributed by atoms with E-state index in [4.69, 9.17) is 10.00 Å². The van der Waals surface area contributed by atoms with Gasteiger partial charge in [0, 0.05) is 8.04 Å². The number of nitriles is 1. The molecule has 2 rings (SSSR count). The molecule has 0 fully saturated rings. The molecule has 0 amide bonds. The second-order valence-corrected chi connectivity index (χ2v) is 5.50. The van der Waals surface area contributed by atoms with Crippen molar-refractivity contribution in [2.75, 3.05) is 0 Å². The van der Waals surface area contributed by atoms with Crippen LogP contribution in [0.1, 0.15) is 5.56 Å². The molecule has 0 atom stereocenters. The molecule has 0 heterocycles. The van der Waals surface area contributed by atoms with Crippen molar-refractivity contribution in [1.82, 2.24) is 0 Å². The summed E-state index contributed by atoms with van der Waals surface area (Å²) in [5.41, 5.74) is 0.569. The van der Waals surface area contributed by atoms with E-state index in [0.717, 1.165) is 13.8 Å². The van der Waals surface area contributed by atoms with Crippen LogP contribution in [-0.2, 0) is 0 Å². The van der Waals surface area contributed by atoms with E-state index in [9.17, 15) is 0 Å². The monoisotopic (exact) mass is 399 g/mol. The van der Waals surface area contributed by atoms with Gasteiger partial charge in [0.25, 0.3) is 0 Å². The molecule has 0 bridgehead atoms. The second-order valence-electron chi connectivity index (χ2n) is 3.34. The normalized spacial score (nSPS) is 9.71. The third-order valence-electron chi connectivity index (χ3n) is 2.05. The number of hydrogen-bond donors (Lipinski definition) is 0. The summed E-state index contributed by atoms with van der Waals surface area (Å²) in [6.07, 6.45) is 0. The predicted molar refractivity (Wildman–Crippen MR) is 78.1 cm³/mol. The van der Waals surface area contributed by atoms with Gasteiger partial charge >= 0.3 is 0 Å². The minimum atomic E-state index is 0.569. The minimum Gasteiger partial charge on any atom is -0.457 e. The Morgan fingerprint density at radius 2 is 1.76 bits per heavy atom. The molecule has 2 nitrogen and oxygen atoms in total. The predicted octanol–water partition coefficient (Wildman–Crippen LogP) is 4.72. The maximum absolute atomic E-state index is 8.86. The van der Waals surface area contributed by atoms with E-state index >= 15 is 0 Å². The lowest BCUT2D eigenvalue weighted by molar-refractivity contribution is 0.482. The number of ether oxygens (including phenoxy) is 1. The number of halogens is 2. The summed E-state index contributed by atoms with van der Waals surface area (Å²) in [4.78, 5) is 0. The third-order valence-corrected chi connectivity index (χ3v) is 3.23. The smallest absolute Gasteiger partial charge is 0.129 e. The van der Waals surface area contributed by atoms with Gasteiger partial charge in [-0.2, -0.15) is 5.26 Å². The Balaban J connectivity index is 2.27. The van der Waals surface area contributed by atoms with Crippen molar-refractivity contribution >= 4 is 38.5 Å². The first-order valence-corrected chi connectivity index (χ1v) is 6.68. The summed E-state index contributed by atoms with van der Waals surface area (Å²) < 4.78 is 7.66. The summed E-state index contributed by atoms with van der Waals surface area (Å²) >= 11 is 5.58. The standard InChI is InChI=1S/C13H7BrINO/c14-10-5-9(8-16)6-13(7-10)17-12-3-1-11(15)2-4-12/h1-7H. The lowest BCUT2D eigenvalue weighted by Gasteiger charge is -2.06. The van der Waals surface area contributed by atoms with Crippen molar-refractivity contribution in [2.45, 2.75) is 0 Å². The zero-order valence-corrected chi connectivity index (χ0v) is 12.4. The fourth-order valence-corrected chi connectivity index (χ4v) is 2.16. The van der Waals surface area contributed by atoms with E-state index in [1.54, 1.807) is 12.1 Å². The lowest BCUT2D eigenvalue weighted by atomic mass is 10.2. The molecule has 84 valence electrons. The van der Waals surface area contributed by atoms with Crippen LogP contribution in [0.15, 0.2) is 46.9 Å². The van der Waals surface area contributed by atoms with Gasteiger partial charge in [-0.25, -0.2) is 0 Å². The van der Waals surface area contributed by atoms with Crippen molar-refractivity contribution in [3.63, 3.8) is 0 Å². The Kier molecular flexibility index (Phi) is 4.02. The molecule has 17 heavy (non-hydrogen) atoms. The van der Waals surface area contributed by atoms with E-state index in [-0.39, 0.29) is 0 Å². The highest BCUT2D eigenvalue weighted by atomic mass is 127. The summed E-state index contributed by atoms with van der Waals surface area (Å²) in [5, 5.41) is 8.86. The van der Waals surface area contributed by atoms with Crippen LogP contribution in [-0.4, -0.2) is 0 Å². The molecule has 0 aliphatic heterocycles. The Bertz CT molecular complexity index is 575. The highest BCUT2D eigenvalue weighted by Crippen LogP contribution is 2.26. The summed E-state index contributed by atoms with van der Waals surface area (Å²) in [6, 6.07) is 15.1. The van der Waals surface area contributed by atoms with Crippen LogP contribution < -0.4 is 4.74 Å². The van der Waals surface area contributed by atoms with Gasteiger partial charge < -0.3 is 4.74 Å². The molecular formula is C13H7BrINO. The van der Waals surface area contributed by atoms with Crippen LogP contribution in [0.25, 0.3) is 0 Å². The zero-order chi connectivity index (χ0) is 12.3. The molecule has 0 unspecified atom stereocenters. The third kappa shape index (κ3) is 3.45. The molecule has 2 aromatic rings. The Morgan fingerprint density at radius 3 is 2.41 bits per heavy atom. The summed E-state index contributed by atoms with van der Waals surface area (Å²) in [6.45, 7) is 0. The molecule has 4 heteroatoms. The number of benzene rings is 2. The maximum Gasteiger partial charge on any atom is 0.129 e. The van der Waals surface area contributed by atoms with Gasteiger partial charge in [-0.3, -0.25) is 0 Å². The molecule has 0 aromatic heterocycles. The van der Waals surface area contributed by atoms with E-state index in [2.05, 4.69) is 44.6 Å². The molecule has 0 radical (unpaired) electrons. The van der Waals surface area contributed by atoms with Gasteiger partial charge in [-0.15, -0.1) is 0 Å². The van der Waals surface area contributed by atoms with E-state index in [1.165, 1.54) is 0 Å². The van der Waals surface area contributed by atoms with Gasteiger partial charge in [-0.05, 0) is 65.1 Å². The van der Waals surface area contributed by atoms with Crippen molar-refractivity contribution in [1.29, 1.82) is 5.26 Å². The first kappa shape index (κ1) is 12.4. The highest BCUT2D eigenvalue weighted by molar-refractivity contribution is 14.1. The molecule has 2 aromatic carbocycles. The number of nitrogens with zero attached hydrogens (tertiary/aromatic N) is 1. The first-order valence-electron chi connectivity index (χ1n) is 4.81. The van der Waals surface area contributed by atoms with Crippen LogP contribution in [0.2, 0.25) is 0 Å². The molecule has 0 saturated carbocycles. The van der Waals surface area contributed by atoms with Crippen molar-refractivity contribution < 1.29 is 4.74 Å². The largest absolute Gasteiger partial charge is 0.457 e. The minimum absolute atomic E-state index is 0.569. The molecular weight excluding hydrogens is 393 g/mol. The highest BCUT2D eigenvalue weighted by Gasteiger charge is 2.01. The van der Waals surface area contributed by atoms with Crippen molar-refractivity contribution in [3.8, 4) is 17.6 Å². The average molecular weight is 400 g/mol. The van der Waals surface area contributed by atoms with Crippen molar-refractivity contribution in [2.24, 2.45) is 0 Å². The maximum atomic E-state index is 8.86. The zero-order valence-electron chi connectivity index (χ0n) is 8.65. The van der Waals surface area contributed by atoms with Gasteiger partial charge in [0.05, 0.1) is 11.6 Å². The lowest BCUT2D eigenvalue weighted by Crippen LogP contribution is -1.86. The van der Waals surface area contributed by atoms with Crippen LogP contribution in [0.5, 0.6) is 11.5 Å². The van der Waals surface area contributed by atoms with Crippen LogP contribution in [0.3, 0.4) is 0 Å². The van der Waals surface area contributed by atoms with Crippen LogP contribution in [0, 0.1) is 14.9 Å². The fraction of sp³-hybridized carbons (Fsp3) is 0. The Hall–Kier alpha value is -1.06. The van der Waals surface area contributed by atoms with Crippen molar-refractivity contribution in [3.05, 3.63) is 56.1 Å². The van der Waals surface area contributed by atoms with Gasteiger partial charge in [-0.1, -0.05) is 15.9 Å². The molecule has 0 aliphatic carbocycles. The summed E-state index contributed by atoms with van der Waals surface area (Å²) in [7, 11) is 0. The van der Waals surface area contributed by atoms with Gasteiger partial charge in [0.15, 0.2) is 0 Å². The summed E-state index contributed by atoms with van der Waals surface area (Å²) in [5.74, 6) is 1.41. The molecule has 0 N–H and O–H groups in total. The SMILES string of the molecule is N#Cc1cc(Br)cc(Oc2ccc(I)cc2)c1. The Labute approximate surface area is 121 Å². The van der Waals surface area contributed by atoms with E-state index < -0.39 is 0 Å².